The predicted molar refractivity (Wildman–Crippen MR) is 87.2 cm³/mol. The zero-order valence-corrected chi connectivity index (χ0v) is 13.1. The van der Waals surface area contributed by atoms with Crippen molar-refractivity contribution in [3.63, 3.8) is 0 Å². The molecule has 0 saturated carbocycles. The first kappa shape index (κ1) is 15.1. The van der Waals surface area contributed by atoms with Crippen molar-refractivity contribution in [2.24, 2.45) is 0 Å². The first-order chi connectivity index (χ1) is 10.6. The van der Waals surface area contributed by atoms with Crippen molar-refractivity contribution in [2.45, 2.75) is 13.0 Å². The Balaban J connectivity index is 1.80. The minimum atomic E-state index is -0.317. The van der Waals surface area contributed by atoms with Crippen molar-refractivity contribution in [3.8, 4) is 0 Å². The zero-order valence-electron chi connectivity index (χ0n) is 12.4. The zero-order chi connectivity index (χ0) is 15.5. The van der Waals surface area contributed by atoms with E-state index in [1.165, 1.54) is 0 Å². The molecule has 1 aliphatic rings. The molecule has 116 valence electrons. The third-order valence-electron chi connectivity index (χ3n) is 3.77. The standard InChI is InChI=1S/C16H18ClN3O2/c1-11(16(21)20-6-8-22-9-7-20)19-15-4-5-18-14-3-2-12(17)10-13(14)15/h2-5,10-11H,6-9H2,1H3,(H,18,19). The van der Waals surface area contributed by atoms with Crippen LogP contribution in [0.25, 0.3) is 10.9 Å². The van der Waals surface area contributed by atoms with E-state index < -0.39 is 0 Å². The van der Waals surface area contributed by atoms with Gasteiger partial charge in [0.1, 0.15) is 6.04 Å². The monoisotopic (exact) mass is 319 g/mol. The normalized spacial score (nSPS) is 16.5. The number of nitrogens with zero attached hydrogens (tertiary/aromatic N) is 2. The molecule has 0 aliphatic carbocycles. The van der Waals surface area contributed by atoms with Gasteiger partial charge in [0.25, 0.3) is 0 Å². The average molecular weight is 320 g/mol. The molecule has 6 heteroatoms. The quantitative estimate of drug-likeness (QED) is 0.944. The van der Waals surface area contributed by atoms with Gasteiger partial charge in [-0.05, 0) is 31.2 Å². The van der Waals surface area contributed by atoms with E-state index in [0.29, 0.717) is 31.3 Å². The van der Waals surface area contributed by atoms with Crippen LogP contribution in [0.3, 0.4) is 0 Å². The fraction of sp³-hybridized carbons (Fsp3) is 0.375. The molecule has 1 amide bonds. The second kappa shape index (κ2) is 6.50. The van der Waals surface area contributed by atoms with Gasteiger partial charge in [0.05, 0.1) is 18.7 Å². The van der Waals surface area contributed by atoms with E-state index in [9.17, 15) is 4.79 Å². The summed E-state index contributed by atoms with van der Waals surface area (Å²) in [4.78, 5) is 18.6. The third-order valence-corrected chi connectivity index (χ3v) is 4.00. The molecule has 1 aromatic heterocycles. The van der Waals surface area contributed by atoms with Crippen LogP contribution >= 0.6 is 11.6 Å². The van der Waals surface area contributed by atoms with Crippen LogP contribution in [-0.2, 0) is 9.53 Å². The second-order valence-electron chi connectivity index (χ2n) is 5.32. The maximum Gasteiger partial charge on any atom is 0.244 e. The van der Waals surface area contributed by atoms with Gasteiger partial charge in [0, 0.05) is 35.4 Å². The van der Waals surface area contributed by atoms with Crippen LogP contribution in [0.5, 0.6) is 0 Å². The van der Waals surface area contributed by atoms with Gasteiger partial charge in [-0.2, -0.15) is 0 Å². The van der Waals surface area contributed by atoms with Gasteiger partial charge >= 0.3 is 0 Å². The lowest BCUT2D eigenvalue weighted by atomic mass is 10.1. The minimum absolute atomic E-state index is 0.0790. The molecule has 1 unspecified atom stereocenters. The Morgan fingerprint density at radius 2 is 2.14 bits per heavy atom. The molecule has 1 aromatic carbocycles. The van der Waals surface area contributed by atoms with Crippen LogP contribution in [0.4, 0.5) is 5.69 Å². The molecule has 1 aliphatic heterocycles. The highest BCUT2D eigenvalue weighted by Crippen LogP contribution is 2.25. The van der Waals surface area contributed by atoms with Crippen LogP contribution < -0.4 is 5.32 Å². The number of carbonyl (C=O) groups excluding carboxylic acids is 1. The van der Waals surface area contributed by atoms with E-state index in [0.717, 1.165) is 16.6 Å². The largest absolute Gasteiger partial charge is 0.378 e. The van der Waals surface area contributed by atoms with E-state index in [4.69, 9.17) is 16.3 Å². The fourth-order valence-corrected chi connectivity index (χ4v) is 2.77. The molecule has 1 saturated heterocycles. The van der Waals surface area contributed by atoms with E-state index in [2.05, 4.69) is 10.3 Å². The number of nitrogens with one attached hydrogen (secondary N) is 1. The molecule has 3 rings (SSSR count). The molecule has 1 fully saturated rings. The average Bonchev–Trinajstić information content (AvgIpc) is 2.55. The molecule has 1 atom stereocenters. The summed E-state index contributed by atoms with van der Waals surface area (Å²) >= 11 is 6.07. The molecular weight excluding hydrogens is 302 g/mol. The van der Waals surface area contributed by atoms with Gasteiger partial charge in [-0.1, -0.05) is 11.6 Å². The van der Waals surface area contributed by atoms with E-state index in [-0.39, 0.29) is 11.9 Å². The number of carbonyl (C=O) groups is 1. The molecular formula is C16H18ClN3O2. The fourth-order valence-electron chi connectivity index (χ4n) is 2.60. The number of morpholine rings is 1. The van der Waals surface area contributed by atoms with Gasteiger partial charge in [-0.15, -0.1) is 0 Å². The van der Waals surface area contributed by atoms with Gasteiger partial charge in [0.15, 0.2) is 0 Å². The Labute approximate surface area is 134 Å². The lowest BCUT2D eigenvalue weighted by Crippen LogP contribution is -2.47. The number of benzene rings is 1. The number of rotatable bonds is 3. The maximum absolute atomic E-state index is 12.5. The summed E-state index contributed by atoms with van der Waals surface area (Å²) in [6.07, 6.45) is 1.73. The lowest BCUT2D eigenvalue weighted by molar-refractivity contribution is -0.135. The maximum atomic E-state index is 12.5. The molecule has 1 N–H and O–H groups in total. The number of hydrogen-bond acceptors (Lipinski definition) is 4. The van der Waals surface area contributed by atoms with Gasteiger partial charge in [-0.25, -0.2) is 0 Å². The van der Waals surface area contributed by atoms with Crippen molar-refractivity contribution in [1.82, 2.24) is 9.88 Å². The number of aromatic nitrogens is 1. The topological polar surface area (TPSA) is 54.5 Å². The van der Waals surface area contributed by atoms with Crippen molar-refractivity contribution in [2.75, 3.05) is 31.6 Å². The first-order valence-corrected chi connectivity index (χ1v) is 7.70. The number of anilines is 1. The van der Waals surface area contributed by atoms with Crippen molar-refractivity contribution >= 4 is 34.1 Å². The summed E-state index contributed by atoms with van der Waals surface area (Å²) in [5.74, 6) is 0.0790. The number of ether oxygens (including phenoxy) is 1. The molecule has 0 radical (unpaired) electrons. The highest BCUT2D eigenvalue weighted by molar-refractivity contribution is 6.31. The van der Waals surface area contributed by atoms with Crippen LogP contribution in [0, 0.1) is 0 Å². The Hall–Kier alpha value is -1.85. The molecule has 5 nitrogen and oxygen atoms in total. The van der Waals surface area contributed by atoms with Crippen LogP contribution in [0.1, 0.15) is 6.92 Å². The number of amides is 1. The van der Waals surface area contributed by atoms with Crippen molar-refractivity contribution in [1.29, 1.82) is 0 Å². The molecule has 22 heavy (non-hydrogen) atoms. The number of fused-ring (bicyclic) bond motifs is 1. The Morgan fingerprint density at radius 3 is 2.91 bits per heavy atom. The Kier molecular flexibility index (Phi) is 4.45. The summed E-state index contributed by atoms with van der Waals surface area (Å²) in [6.45, 7) is 4.37. The van der Waals surface area contributed by atoms with E-state index >= 15 is 0 Å². The summed E-state index contributed by atoms with van der Waals surface area (Å²) in [6, 6.07) is 7.09. The third kappa shape index (κ3) is 3.15. The smallest absolute Gasteiger partial charge is 0.244 e. The number of halogens is 1. The molecule has 0 spiro atoms. The van der Waals surface area contributed by atoms with Crippen LogP contribution in [0.15, 0.2) is 30.5 Å². The van der Waals surface area contributed by atoms with Crippen molar-refractivity contribution < 1.29 is 9.53 Å². The highest BCUT2D eigenvalue weighted by Gasteiger charge is 2.22. The highest BCUT2D eigenvalue weighted by atomic mass is 35.5. The minimum Gasteiger partial charge on any atom is -0.378 e. The SMILES string of the molecule is CC(Nc1ccnc2ccc(Cl)cc12)C(=O)N1CCOCC1. The van der Waals surface area contributed by atoms with Crippen LogP contribution in [-0.4, -0.2) is 48.1 Å². The van der Waals surface area contributed by atoms with E-state index in [1.807, 2.05) is 36.1 Å². The number of hydrogen-bond donors (Lipinski definition) is 1. The predicted octanol–water partition coefficient (Wildman–Crippen LogP) is 2.55. The van der Waals surface area contributed by atoms with Gasteiger partial charge < -0.3 is 15.0 Å². The van der Waals surface area contributed by atoms with E-state index in [1.54, 1.807) is 6.20 Å². The summed E-state index contributed by atoms with van der Waals surface area (Å²) in [7, 11) is 0. The van der Waals surface area contributed by atoms with Gasteiger partial charge in [0.2, 0.25) is 5.91 Å². The summed E-state index contributed by atoms with van der Waals surface area (Å²) in [5.41, 5.74) is 1.71. The Morgan fingerprint density at radius 1 is 1.36 bits per heavy atom. The molecule has 2 heterocycles. The van der Waals surface area contributed by atoms with Crippen LogP contribution in [0.2, 0.25) is 5.02 Å². The molecule has 0 bridgehead atoms. The summed E-state index contributed by atoms with van der Waals surface area (Å²) in [5, 5.41) is 4.84. The van der Waals surface area contributed by atoms with Gasteiger partial charge in [-0.3, -0.25) is 9.78 Å². The Bertz CT molecular complexity index is 686. The summed E-state index contributed by atoms with van der Waals surface area (Å²) < 4.78 is 5.28. The molecule has 2 aromatic rings. The lowest BCUT2D eigenvalue weighted by Gasteiger charge is -2.30. The first-order valence-electron chi connectivity index (χ1n) is 7.32. The number of pyridine rings is 1. The van der Waals surface area contributed by atoms with Crippen molar-refractivity contribution in [3.05, 3.63) is 35.5 Å². The second-order valence-corrected chi connectivity index (χ2v) is 5.76.